The second-order valence-electron chi connectivity index (χ2n) is 7.19. The quantitative estimate of drug-likeness (QED) is 0.742. The number of rotatable bonds is 6. The zero-order valence-corrected chi connectivity index (χ0v) is 16.5. The van der Waals surface area contributed by atoms with Crippen molar-refractivity contribution >= 4 is 18.3 Å². The molecule has 0 spiro atoms. The Bertz CT molecular complexity index is 546. The summed E-state index contributed by atoms with van der Waals surface area (Å²) in [7, 11) is 0. The first-order valence-electron chi connectivity index (χ1n) is 9.63. The lowest BCUT2D eigenvalue weighted by Gasteiger charge is -2.31. The fourth-order valence-corrected chi connectivity index (χ4v) is 3.71. The lowest BCUT2D eigenvalue weighted by atomic mass is 9.88. The van der Waals surface area contributed by atoms with Gasteiger partial charge in [-0.05, 0) is 38.3 Å². The zero-order valence-electron chi connectivity index (χ0n) is 15.7. The van der Waals surface area contributed by atoms with Gasteiger partial charge in [0, 0.05) is 39.3 Å². The molecule has 1 amide bonds. The monoisotopic (exact) mass is 381 g/mol. The molecule has 2 aliphatic heterocycles. The maximum atomic E-state index is 12.7. The molecule has 26 heavy (non-hydrogen) atoms. The Morgan fingerprint density at radius 3 is 2.73 bits per heavy atom. The first-order chi connectivity index (χ1) is 12.2. The summed E-state index contributed by atoms with van der Waals surface area (Å²) in [4.78, 5) is 15.1. The predicted octanol–water partition coefficient (Wildman–Crippen LogP) is 2.30. The molecule has 5 nitrogen and oxygen atoms in total. The van der Waals surface area contributed by atoms with E-state index < -0.39 is 0 Å². The highest BCUT2D eigenvalue weighted by atomic mass is 35.5. The second-order valence-corrected chi connectivity index (χ2v) is 7.19. The highest BCUT2D eigenvalue weighted by Gasteiger charge is 2.32. The molecule has 2 saturated heterocycles. The van der Waals surface area contributed by atoms with Crippen LogP contribution in [0.4, 0.5) is 0 Å². The van der Waals surface area contributed by atoms with Crippen LogP contribution in [0.25, 0.3) is 0 Å². The van der Waals surface area contributed by atoms with Crippen LogP contribution in [0.3, 0.4) is 0 Å². The number of hydrogen-bond acceptors (Lipinski definition) is 4. The summed E-state index contributed by atoms with van der Waals surface area (Å²) in [6, 6.07) is 8.37. The smallest absolute Gasteiger partial charge is 0.226 e. The van der Waals surface area contributed by atoms with Gasteiger partial charge in [0.15, 0.2) is 0 Å². The number of amides is 1. The number of aryl methyl sites for hydroxylation is 1. The summed E-state index contributed by atoms with van der Waals surface area (Å²) >= 11 is 0. The van der Waals surface area contributed by atoms with Crippen molar-refractivity contribution in [2.45, 2.75) is 32.3 Å². The van der Waals surface area contributed by atoms with Crippen molar-refractivity contribution in [3.05, 3.63) is 35.4 Å². The number of ether oxygens (including phenoxy) is 1. The van der Waals surface area contributed by atoms with E-state index in [1.165, 1.54) is 5.56 Å². The maximum absolute atomic E-state index is 12.7. The minimum Gasteiger partial charge on any atom is -0.373 e. The maximum Gasteiger partial charge on any atom is 0.226 e. The first kappa shape index (κ1) is 21.2. The first-order valence-corrected chi connectivity index (χ1v) is 9.63. The summed E-state index contributed by atoms with van der Waals surface area (Å²) in [5.41, 5.74) is 2.35. The minimum atomic E-state index is -0.109. The van der Waals surface area contributed by atoms with E-state index in [0.29, 0.717) is 0 Å². The average Bonchev–Trinajstić information content (AvgIpc) is 2.66. The molecule has 2 atom stereocenters. The highest BCUT2D eigenvalue weighted by Crippen LogP contribution is 2.33. The van der Waals surface area contributed by atoms with Crippen LogP contribution < -0.4 is 10.6 Å². The van der Waals surface area contributed by atoms with Crippen molar-refractivity contribution in [2.75, 3.05) is 45.9 Å². The predicted molar refractivity (Wildman–Crippen MR) is 107 cm³/mol. The third-order valence-electron chi connectivity index (χ3n) is 5.22. The lowest BCUT2D eigenvalue weighted by molar-refractivity contribution is -0.134. The molecule has 0 radical (unpaired) electrons. The molecule has 2 N–H and O–H groups in total. The van der Waals surface area contributed by atoms with Gasteiger partial charge < -0.3 is 20.3 Å². The van der Waals surface area contributed by atoms with Gasteiger partial charge in [0.25, 0.3) is 0 Å². The number of nitrogens with zero attached hydrogens (tertiary/aromatic N) is 1. The SMILES string of the molecule is Cc1ccc(C2OCCCC2C(=O)NCCCN2CCNCC2)cc1.Cl. The number of piperazine rings is 1. The fraction of sp³-hybridized carbons (Fsp3) is 0.650. The Balaban J connectivity index is 0.00000243. The minimum absolute atomic E-state index is 0. The van der Waals surface area contributed by atoms with Gasteiger partial charge >= 0.3 is 0 Å². The van der Waals surface area contributed by atoms with Crippen molar-refractivity contribution in [3.8, 4) is 0 Å². The Hall–Kier alpha value is -1.14. The molecule has 0 aromatic heterocycles. The van der Waals surface area contributed by atoms with Crippen molar-refractivity contribution < 1.29 is 9.53 Å². The summed E-state index contributed by atoms with van der Waals surface area (Å²) in [6.45, 7) is 9.00. The zero-order chi connectivity index (χ0) is 17.5. The number of benzene rings is 1. The molecule has 146 valence electrons. The third kappa shape index (κ3) is 5.95. The topological polar surface area (TPSA) is 53.6 Å². The van der Waals surface area contributed by atoms with E-state index in [1.807, 2.05) is 0 Å². The molecule has 2 heterocycles. The van der Waals surface area contributed by atoms with Crippen LogP contribution in [-0.2, 0) is 9.53 Å². The molecule has 2 aliphatic rings. The highest BCUT2D eigenvalue weighted by molar-refractivity contribution is 5.85. The summed E-state index contributed by atoms with van der Waals surface area (Å²) in [6.07, 6.45) is 2.76. The van der Waals surface area contributed by atoms with E-state index in [2.05, 4.69) is 46.7 Å². The van der Waals surface area contributed by atoms with Gasteiger partial charge in [-0.3, -0.25) is 4.79 Å². The standard InChI is InChI=1S/C20H31N3O2.ClH/c1-16-5-7-17(8-6-16)19-18(4-2-15-25-19)20(24)22-9-3-12-23-13-10-21-11-14-23;/h5-8,18-19,21H,2-4,9-15H2,1H3,(H,22,24);1H. The number of nitrogens with one attached hydrogen (secondary N) is 2. The van der Waals surface area contributed by atoms with Gasteiger partial charge in [-0.15, -0.1) is 12.4 Å². The van der Waals surface area contributed by atoms with Gasteiger partial charge in [0.2, 0.25) is 5.91 Å². The lowest BCUT2D eigenvalue weighted by Crippen LogP contribution is -2.44. The molecule has 0 bridgehead atoms. The third-order valence-corrected chi connectivity index (χ3v) is 5.22. The van der Waals surface area contributed by atoms with Crippen molar-refractivity contribution in [1.82, 2.24) is 15.5 Å². The molecular formula is C20H32ClN3O2. The average molecular weight is 382 g/mol. The van der Waals surface area contributed by atoms with Gasteiger partial charge in [0.05, 0.1) is 12.0 Å². The van der Waals surface area contributed by atoms with E-state index in [4.69, 9.17) is 4.74 Å². The van der Waals surface area contributed by atoms with Crippen molar-refractivity contribution in [2.24, 2.45) is 5.92 Å². The Kier molecular flexibility index (Phi) is 8.85. The van der Waals surface area contributed by atoms with Crippen LogP contribution in [0, 0.1) is 12.8 Å². The molecule has 3 rings (SSSR count). The molecule has 2 fully saturated rings. The summed E-state index contributed by atoms with van der Waals surface area (Å²) < 4.78 is 5.96. The molecule has 1 aromatic carbocycles. The van der Waals surface area contributed by atoms with Gasteiger partial charge in [-0.2, -0.15) is 0 Å². The van der Waals surface area contributed by atoms with Crippen molar-refractivity contribution in [3.63, 3.8) is 0 Å². The van der Waals surface area contributed by atoms with E-state index in [-0.39, 0.29) is 30.3 Å². The number of hydrogen-bond donors (Lipinski definition) is 2. The van der Waals surface area contributed by atoms with Gasteiger partial charge in [-0.25, -0.2) is 0 Å². The summed E-state index contributed by atoms with van der Waals surface area (Å²) in [5.74, 6) is 0.0706. The largest absolute Gasteiger partial charge is 0.373 e. The van der Waals surface area contributed by atoms with Crippen LogP contribution >= 0.6 is 12.4 Å². The van der Waals surface area contributed by atoms with E-state index in [1.54, 1.807) is 0 Å². The molecular weight excluding hydrogens is 350 g/mol. The normalized spacial score (nSPS) is 23.9. The van der Waals surface area contributed by atoms with E-state index >= 15 is 0 Å². The van der Waals surface area contributed by atoms with Crippen LogP contribution in [0.5, 0.6) is 0 Å². The Morgan fingerprint density at radius 2 is 2.00 bits per heavy atom. The van der Waals surface area contributed by atoms with Crippen LogP contribution in [-0.4, -0.2) is 56.7 Å². The molecule has 0 aliphatic carbocycles. The van der Waals surface area contributed by atoms with Crippen LogP contribution in [0.15, 0.2) is 24.3 Å². The number of carbonyl (C=O) groups excluding carboxylic acids is 1. The van der Waals surface area contributed by atoms with Crippen LogP contribution in [0.2, 0.25) is 0 Å². The second kappa shape index (κ2) is 10.9. The Labute approximate surface area is 163 Å². The van der Waals surface area contributed by atoms with Crippen molar-refractivity contribution in [1.29, 1.82) is 0 Å². The Morgan fingerprint density at radius 1 is 1.27 bits per heavy atom. The van der Waals surface area contributed by atoms with E-state index in [0.717, 1.165) is 70.7 Å². The summed E-state index contributed by atoms with van der Waals surface area (Å²) in [5, 5.41) is 6.51. The molecule has 6 heteroatoms. The van der Waals surface area contributed by atoms with Gasteiger partial charge in [0.1, 0.15) is 0 Å². The molecule has 1 aromatic rings. The van der Waals surface area contributed by atoms with Gasteiger partial charge in [-0.1, -0.05) is 29.8 Å². The van der Waals surface area contributed by atoms with E-state index in [9.17, 15) is 4.79 Å². The molecule has 0 saturated carbocycles. The van der Waals surface area contributed by atoms with Crippen LogP contribution in [0.1, 0.15) is 36.5 Å². The molecule has 2 unspecified atom stereocenters. The number of carbonyl (C=O) groups is 1. The number of halogens is 1. The fourth-order valence-electron chi connectivity index (χ4n) is 3.71.